The van der Waals surface area contributed by atoms with Gasteiger partial charge in [-0.05, 0) is 48.0 Å². The Morgan fingerprint density at radius 3 is 2.35 bits per heavy atom. The zero-order chi connectivity index (χ0) is 16.1. The molecule has 1 amide bonds. The number of rotatable bonds is 4. The van der Waals surface area contributed by atoms with Gasteiger partial charge in [0, 0.05) is 41.1 Å². The van der Waals surface area contributed by atoms with Crippen LogP contribution in [0.15, 0.2) is 73.3 Å². The quantitative estimate of drug-likeness (QED) is 0.729. The van der Waals surface area contributed by atoms with Crippen molar-refractivity contribution in [2.45, 2.75) is 6.54 Å². The summed E-state index contributed by atoms with van der Waals surface area (Å²) in [6.07, 6.45) is 6.68. The Bertz CT molecular complexity index is 776. The molecule has 114 valence electrons. The van der Waals surface area contributed by atoms with Crippen molar-refractivity contribution in [3.8, 4) is 0 Å². The van der Waals surface area contributed by atoms with Gasteiger partial charge in [0.1, 0.15) is 0 Å². The predicted molar refractivity (Wildman–Crippen MR) is 90.4 cm³/mol. The number of carbonyl (C=O) groups excluding carboxylic acids is 1. The van der Waals surface area contributed by atoms with Crippen molar-refractivity contribution in [2.75, 3.05) is 4.90 Å². The Hall–Kier alpha value is -2.72. The number of carbonyl (C=O) groups is 1. The normalized spacial score (nSPS) is 10.3. The minimum atomic E-state index is -0.0985. The molecule has 0 unspecified atom stereocenters. The first-order valence-electron chi connectivity index (χ1n) is 7.10. The number of benzene rings is 1. The second-order valence-corrected chi connectivity index (χ2v) is 5.40. The largest absolute Gasteiger partial charge is 0.304 e. The molecule has 0 aliphatic heterocycles. The average Bonchev–Trinajstić information content (AvgIpc) is 2.62. The second kappa shape index (κ2) is 7.03. The monoisotopic (exact) mass is 323 g/mol. The highest BCUT2D eigenvalue weighted by Crippen LogP contribution is 2.22. The number of hydrogen-bond donors (Lipinski definition) is 0. The smallest absolute Gasteiger partial charge is 0.258 e. The highest BCUT2D eigenvalue weighted by atomic mass is 35.5. The molecule has 2 aromatic heterocycles. The standard InChI is InChI=1S/C18H14ClN3O/c19-16-3-5-17(6-4-16)22(13-14-2-1-9-21-12-14)18(23)15-7-10-20-11-8-15/h1-12H,13H2. The summed E-state index contributed by atoms with van der Waals surface area (Å²) in [5.74, 6) is -0.0985. The van der Waals surface area contributed by atoms with Crippen molar-refractivity contribution in [1.82, 2.24) is 9.97 Å². The molecular formula is C18H14ClN3O. The number of amides is 1. The lowest BCUT2D eigenvalue weighted by Crippen LogP contribution is -2.30. The maximum atomic E-state index is 12.9. The SMILES string of the molecule is O=C(c1ccncc1)N(Cc1cccnc1)c1ccc(Cl)cc1. The fraction of sp³-hybridized carbons (Fsp3) is 0.0556. The molecule has 4 nitrogen and oxygen atoms in total. The van der Waals surface area contributed by atoms with Crippen LogP contribution >= 0.6 is 11.6 Å². The zero-order valence-corrected chi connectivity index (χ0v) is 13.0. The first-order chi connectivity index (χ1) is 11.2. The first-order valence-corrected chi connectivity index (χ1v) is 7.48. The Morgan fingerprint density at radius 1 is 0.957 bits per heavy atom. The molecule has 23 heavy (non-hydrogen) atoms. The van der Waals surface area contributed by atoms with E-state index in [0.29, 0.717) is 17.1 Å². The van der Waals surface area contributed by atoms with Crippen molar-refractivity contribution in [3.63, 3.8) is 0 Å². The zero-order valence-electron chi connectivity index (χ0n) is 12.3. The van der Waals surface area contributed by atoms with E-state index in [4.69, 9.17) is 11.6 Å². The fourth-order valence-corrected chi connectivity index (χ4v) is 2.35. The molecule has 5 heteroatoms. The third-order valence-electron chi connectivity index (χ3n) is 3.37. The molecule has 0 bridgehead atoms. The van der Waals surface area contributed by atoms with Crippen LogP contribution in [0.2, 0.25) is 5.02 Å². The number of halogens is 1. The molecule has 0 aliphatic carbocycles. The third kappa shape index (κ3) is 3.73. The van der Waals surface area contributed by atoms with Crippen molar-refractivity contribution >= 4 is 23.2 Å². The summed E-state index contributed by atoms with van der Waals surface area (Å²) in [5.41, 5.74) is 2.31. The van der Waals surface area contributed by atoms with Gasteiger partial charge < -0.3 is 4.90 Å². The number of aromatic nitrogens is 2. The summed E-state index contributed by atoms with van der Waals surface area (Å²) >= 11 is 5.95. The molecule has 0 atom stereocenters. The molecule has 0 radical (unpaired) electrons. The summed E-state index contributed by atoms with van der Waals surface area (Å²) < 4.78 is 0. The van der Waals surface area contributed by atoms with E-state index in [2.05, 4.69) is 9.97 Å². The van der Waals surface area contributed by atoms with Crippen LogP contribution in [0.25, 0.3) is 0 Å². The van der Waals surface area contributed by atoms with Crippen LogP contribution in [0.4, 0.5) is 5.69 Å². The number of pyridine rings is 2. The van der Waals surface area contributed by atoms with Crippen LogP contribution in [0, 0.1) is 0 Å². The van der Waals surface area contributed by atoms with Gasteiger partial charge in [-0.2, -0.15) is 0 Å². The van der Waals surface area contributed by atoms with E-state index in [-0.39, 0.29) is 5.91 Å². The molecule has 0 N–H and O–H groups in total. The van der Waals surface area contributed by atoms with Gasteiger partial charge in [0.25, 0.3) is 5.91 Å². The Kier molecular flexibility index (Phi) is 4.64. The van der Waals surface area contributed by atoms with E-state index < -0.39 is 0 Å². The van der Waals surface area contributed by atoms with Crippen molar-refractivity contribution in [2.24, 2.45) is 0 Å². The highest BCUT2D eigenvalue weighted by molar-refractivity contribution is 6.30. The lowest BCUT2D eigenvalue weighted by molar-refractivity contribution is 0.0985. The van der Waals surface area contributed by atoms with E-state index in [9.17, 15) is 4.79 Å². The van der Waals surface area contributed by atoms with E-state index in [0.717, 1.165) is 11.3 Å². The van der Waals surface area contributed by atoms with Crippen LogP contribution < -0.4 is 4.90 Å². The van der Waals surface area contributed by atoms with Crippen LogP contribution in [0.5, 0.6) is 0 Å². The molecular weight excluding hydrogens is 310 g/mol. The van der Waals surface area contributed by atoms with Gasteiger partial charge >= 0.3 is 0 Å². The minimum Gasteiger partial charge on any atom is -0.304 e. The maximum absolute atomic E-state index is 12.9. The van der Waals surface area contributed by atoms with Gasteiger partial charge in [-0.25, -0.2) is 0 Å². The third-order valence-corrected chi connectivity index (χ3v) is 3.63. The molecule has 3 rings (SSSR count). The summed E-state index contributed by atoms with van der Waals surface area (Å²) in [6, 6.07) is 14.4. The predicted octanol–water partition coefficient (Wildman–Crippen LogP) is 3.98. The maximum Gasteiger partial charge on any atom is 0.258 e. The van der Waals surface area contributed by atoms with E-state index >= 15 is 0 Å². The van der Waals surface area contributed by atoms with Crippen LogP contribution in [-0.4, -0.2) is 15.9 Å². The lowest BCUT2D eigenvalue weighted by atomic mass is 10.1. The second-order valence-electron chi connectivity index (χ2n) is 4.96. The van der Waals surface area contributed by atoms with E-state index in [1.54, 1.807) is 54.0 Å². The Morgan fingerprint density at radius 2 is 1.70 bits per heavy atom. The highest BCUT2D eigenvalue weighted by Gasteiger charge is 2.18. The lowest BCUT2D eigenvalue weighted by Gasteiger charge is -2.23. The van der Waals surface area contributed by atoms with E-state index in [1.807, 2.05) is 24.3 Å². The molecule has 0 saturated carbocycles. The van der Waals surface area contributed by atoms with Gasteiger partial charge in [-0.3, -0.25) is 14.8 Å². The summed E-state index contributed by atoms with van der Waals surface area (Å²) in [5, 5.41) is 0.631. The summed E-state index contributed by atoms with van der Waals surface area (Å²) in [4.78, 5) is 22.6. The first kappa shape index (κ1) is 15.2. The van der Waals surface area contributed by atoms with Gasteiger partial charge in [0.2, 0.25) is 0 Å². The number of nitrogens with zero attached hydrogens (tertiary/aromatic N) is 3. The molecule has 0 spiro atoms. The number of anilines is 1. The molecule has 1 aromatic carbocycles. The number of hydrogen-bond acceptors (Lipinski definition) is 3. The molecule has 0 saturated heterocycles. The van der Waals surface area contributed by atoms with Crippen molar-refractivity contribution in [1.29, 1.82) is 0 Å². The summed E-state index contributed by atoms with van der Waals surface area (Å²) in [7, 11) is 0. The van der Waals surface area contributed by atoms with Gasteiger partial charge in [-0.1, -0.05) is 17.7 Å². The summed E-state index contributed by atoms with van der Waals surface area (Å²) in [6.45, 7) is 0.427. The minimum absolute atomic E-state index is 0.0985. The Labute approximate surface area is 139 Å². The molecule has 3 aromatic rings. The van der Waals surface area contributed by atoms with Crippen molar-refractivity contribution in [3.05, 3.63) is 89.5 Å². The molecule has 0 fully saturated rings. The molecule has 2 heterocycles. The molecule has 0 aliphatic rings. The van der Waals surface area contributed by atoms with Crippen LogP contribution in [0.1, 0.15) is 15.9 Å². The van der Waals surface area contributed by atoms with Crippen LogP contribution in [-0.2, 0) is 6.54 Å². The topological polar surface area (TPSA) is 46.1 Å². The van der Waals surface area contributed by atoms with Crippen molar-refractivity contribution < 1.29 is 4.79 Å². The Balaban J connectivity index is 1.96. The average molecular weight is 324 g/mol. The van der Waals surface area contributed by atoms with Gasteiger partial charge in [0.15, 0.2) is 0 Å². The van der Waals surface area contributed by atoms with Crippen LogP contribution in [0.3, 0.4) is 0 Å². The van der Waals surface area contributed by atoms with E-state index in [1.165, 1.54) is 0 Å². The van der Waals surface area contributed by atoms with Gasteiger partial charge in [-0.15, -0.1) is 0 Å². The van der Waals surface area contributed by atoms with Gasteiger partial charge in [0.05, 0.1) is 6.54 Å². The fourth-order valence-electron chi connectivity index (χ4n) is 2.23.